The van der Waals surface area contributed by atoms with Crippen LogP contribution < -0.4 is 11.5 Å². The van der Waals surface area contributed by atoms with Gasteiger partial charge in [-0.3, -0.25) is 0 Å². The molecule has 25 heavy (non-hydrogen) atoms. The maximum absolute atomic E-state index is 6.86. The molecule has 144 valence electrons. The molecule has 2 aliphatic heterocycles. The number of nitrogens with two attached hydrogens (primary N) is 2. The Hall–Kier alpha value is -0.160. The molecule has 0 aromatic carbocycles. The lowest BCUT2D eigenvalue weighted by atomic mass is 9.79. The van der Waals surface area contributed by atoms with Crippen LogP contribution >= 0.6 is 0 Å². The third kappa shape index (κ3) is 2.97. The van der Waals surface area contributed by atoms with Gasteiger partial charge in [0.2, 0.25) is 0 Å². The van der Waals surface area contributed by atoms with Gasteiger partial charge in [0, 0.05) is 50.3 Å². The molecule has 2 saturated carbocycles. The zero-order valence-electron chi connectivity index (χ0n) is 16.8. The van der Waals surface area contributed by atoms with Gasteiger partial charge in [-0.2, -0.15) is 0 Å². The highest BCUT2D eigenvalue weighted by Gasteiger charge is 2.55. The van der Waals surface area contributed by atoms with Crippen LogP contribution in [0.5, 0.6) is 0 Å². The van der Waals surface area contributed by atoms with E-state index in [1.54, 1.807) is 0 Å². The van der Waals surface area contributed by atoms with E-state index in [4.69, 9.17) is 11.5 Å². The first-order valence-corrected chi connectivity index (χ1v) is 10.8. The van der Waals surface area contributed by atoms with Crippen LogP contribution in [0.4, 0.5) is 0 Å². The molecule has 7 unspecified atom stereocenters. The second-order valence-electron chi connectivity index (χ2n) is 10.5. The minimum absolute atomic E-state index is 0.332. The van der Waals surface area contributed by atoms with Gasteiger partial charge in [-0.15, -0.1) is 0 Å². The third-order valence-corrected chi connectivity index (χ3v) is 8.73. The van der Waals surface area contributed by atoms with Gasteiger partial charge in [-0.05, 0) is 75.5 Å². The molecule has 2 heterocycles. The molecular formula is C21H40N4. The van der Waals surface area contributed by atoms with Crippen LogP contribution in [-0.4, -0.2) is 60.1 Å². The van der Waals surface area contributed by atoms with Gasteiger partial charge in [0.15, 0.2) is 0 Å². The van der Waals surface area contributed by atoms with E-state index in [9.17, 15) is 0 Å². The van der Waals surface area contributed by atoms with Crippen molar-refractivity contribution in [3.05, 3.63) is 0 Å². The zero-order chi connectivity index (χ0) is 17.9. The SMILES string of the molecule is CC(C)N1CC2CC(CC(C)N3CC4CCC(N)C4C3)C(N)[C@@]2(C)C1. The number of rotatable bonds is 4. The Morgan fingerprint density at radius 1 is 1.04 bits per heavy atom. The Labute approximate surface area is 154 Å². The van der Waals surface area contributed by atoms with Crippen LogP contribution in [0, 0.1) is 29.1 Å². The standard InChI is InChI=1S/C21H40N4/c1-13(2)25-10-17-8-16(20(23)21(17,4)12-25)7-14(3)24-9-15-5-6-19(22)18(15)11-24/h13-20H,5-12,22-23H2,1-4H3/t14?,15?,16?,17?,18?,19?,20?,21-/m0/s1. The molecule has 4 heteroatoms. The first-order chi connectivity index (χ1) is 11.8. The summed E-state index contributed by atoms with van der Waals surface area (Å²) in [6, 6.07) is 2.14. The number of fused-ring (bicyclic) bond motifs is 2. The fourth-order valence-electron chi connectivity index (χ4n) is 6.82. The minimum atomic E-state index is 0.332. The maximum atomic E-state index is 6.86. The summed E-state index contributed by atoms with van der Waals surface area (Å²) in [5.41, 5.74) is 13.5. The Morgan fingerprint density at radius 3 is 2.44 bits per heavy atom. The van der Waals surface area contributed by atoms with E-state index < -0.39 is 0 Å². The molecule has 0 aromatic heterocycles. The molecule has 4 rings (SSSR count). The zero-order valence-corrected chi connectivity index (χ0v) is 16.8. The Morgan fingerprint density at radius 2 is 1.80 bits per heavy atom. The summed E-state index contributed by atoms with van der Waals surface area (Å²) in [6.45, 7) is 14.5. The van der Waals surface area contributed by atoms with Gasteiger partial charge in [0.05, 0.1) is 0 Å². The van der Waals surface area contributed by atoms with Gasteiger partial charge < -0.3 is 21.3 Å². The second-order valence-corrected chi connectivity index (χ2v) is 10.5. The topological polar surface area (TPSA) is 58.5 Å². The lowest BCUT2D eigenvalue weighted by molar-refractivity contribution is 0.167. The summed E-state index contributed by atoms with van der Waals surface area (Å²) in [5, 5.41) is 0. The van der Waals surface area contributed by atoms with Crippen molar-refractivity contribution in [3.8, 4) is 0 Å². The first-order valence-electron chi connectivity index (χ1n) is 10.8. The Kier molecular flexibility index (Phi) is 4.71. The molecule has 4 fully saturated rings. The predicted octanol–water partition coefficient (Wildman–Crippen LogP) is 2.13. The minimum Gasteiger partial charge on any atom is -0.327 e. The molecular weight excluding hydrogens is 308 g/mol. The smallest absolute Gasteiger partial charge is 0.0137 e. The molecule has 2 aliphatic carbocycles. The number of likely N-dealkylation sites (tertiary alicyclic amines) is 2. The van der Waals surface area contributed by atoms with Crippen molar-refractivity contribution in [1.29, 1.82) is 0 Å². The van der Waals surface area contributed by atoms with Gasteiger partial charge in [-0.1, -0.05) is 6.92 Å². The highest BCUT2D eigenvalue weighted by atomic mass is 15.2. The molecule has 0 bridgehead atoms. The number of hydrogen-bond donors (Lipinski definition) is 2. The summed E-state index contributed by atoms with van der Waals surface area (Å²) in [7, 11) is 0. The monoisotopic (exact) mass is 348 g/mol. The van der Waals surface area contributed by atoms with E-state index in [1.807, 2.05) is 0 Å². The second kappa shape index (κ2) is 6.47. The fourth-order valence-corrected chi connectivity index (χ4v) is 6.82. The fraction of sp³-hybridized carbons (Fsp3) is 1.00. The Bertz CT molecular complexity index is 494. The largest absolute Gasteiger partial charge is 0.327 e. The van der Waals surface area contributed by atoms with Gasteiger partial charge in [0.25, 0.3) is 0 Å². The van der Waals surface area contributed by atoms with Crippen molar-refractivity contribution < 1.29 is 0 Å². The van der Waals surface area contributed by atoms with Crippen molar-refractivity contribution in [2.75, 3.05) is 26.2 Å². The quantitative estimate of drug-likeness (QED) is 0.817. The van der Waals surface area contributed by atoms with Gasteiger partial charge in [0.1, 0.15) is 0 Å². The highest BCUT2D eigenvalue weighted by Crippen LogP contribution is 2.52. The normalized spacial score (nSPS) is 49.1. The summed E-state index contributed by atoms with van der Waals surface area (Å²) in [5.74, 6) is 3.13. The average molecular weight is 349 g/mol. The van der Waals surface area contributed by atoms with E-state index in [-0.39, 0.29) is 0 Å². The molecule has 4 aliphatic rings. The molecule has 0 amide bonds. The van der Waals surface area contributed by atoms with Gasteiger partial charge >= 0.3 is 0 Å². The van der Waals surface area contributed by atoms with Crippen molar-refractivity contribution in [1.82, 2.24) is 9.80 Å². The van der Waals surface area contributed by atoms with E-state index in [0.29, 0.717) is 35.5 Å². The molecule has 8 atom stereocenters. The third-order valence-electron chi connectivity index (χ3n) is 8.73. The van der Waals surface area contributed by atoms with Crippen LogP contribution in [0.1, 0.15) is 53.4 Å². The van der Waals surface area contributed by atoms with Crippen molar-refractivity contribution in [2.45, 2.75) is 77.5 Å². The van der Waals surface area contributed by atoms with E-state index in [1.165, 1.54) is 51.9 Å². The van der Waals surface area contributed by atoms with Crippen molar-refractivity contribution >= 4 is 0 Å². The summed E-state index contributed by atoms with van der Waals surface area (Å²) >= 11 is 0. The molecule has 0 aromatic rings. The molecule has 4 nitrogen and oxygen atoms in total. The molecule has 0 spiro atoms. The van der Waals surface area contributed by atoms with Crippen LogP contribution in [0.2, 0.25) is 0 Å². The van der Waals surface area contributed by atoms with Crippen LogP contribution in [0.25, 0.3) is 0 Å². The van der Waals surface area contributed by atoms with Crippen molar-refractivity contribution in [2.24, 2.45) is 40.6 Å². The highest BCUT2D eigenvalue weighted by molar-refractivity contribution is 5.09. The van der Waals surface area contributed by atoms with E-state index in [2.05, 4.69) is 37.5 Å². The summed E-state index contributed by atoms with van der Waals surface area (Å²) in [4.78, 5) is 5.38. The van der Waals surface area contributed by atoms with E-state index >= 15 is 0 Å². The Balaban J connectivity index is 1.35. The maximum Gasteiger partial charge on any atom is 0.0137 e. The molecule has 2 saturated heterocycles. The van der Waals surface area contributed by atoms with Crippen LogP contribution in [0.3, 0.4) is 0 Å². The van der Waals surface area contributed by atoms with E-state index in [0.717, 1.165) is 17.8 Å². The average Bonchev–Trinajstić information content (AvgIpc) is 3.25. The predicted molar refractivity (Wildman–Crippen MR) is 104 cm³/mol. The molecule has 4 N–H and O–H groups in total. The lowest BCUT2D eigenvalue weighted by Gasteiger charge is -2.34. The molecule has 0 radical (unpaired) electrons. The first kappa shape index (κ1) is 18.2. The summed E-state index contributed by atoms with van der Waals surface area (Å²) < 4.78 is 0. The number of hydrogen-bond acceptors (Lipinski definition) is 4. The van der Waals surface area contributed by atoms with Crippen LogP contribution in [0.15, 0.2) is 0 Å². The summed E-state index contributed by atoms with van der Waals surface area (Å²) in [6.07, 6.45) is 5.22. The number of nitrogens with zero attached hydrogens (tertiary/aromatic N) is 2. The van der Waals surface area contributed by atoms with Crippen molar-refractivity contribution in [3.63, 3.8) is 0 Å². The van der Waals surface area contributed by atoms with Gasteiger partial charge in [-0.25, -0.2) is 0 Å². The van der Waals surface area contributed by atoms with Crippen LogP contribution in [-0.2, 0) is 0 Å². The lowest BCUT2D eigenvalue weighted by Crippen LogP contribution is -2.45.